The average molecular weight is 455 g/mol. The third kappa shape index (κ3) is 3.83. The third-order valence-electron chi connectivity index (χ3n) is 4.82. The molecule has 0 saturated heterocycles. The molecule has 0 aromatic heterocycles. The molecule has 0 amide bonds. The maximum atomic E-state index is 5.33. The lowest BCUT2D eigenvalue weighted by molar-refractivity contribution is -0.544. The number of ether oxygens (including phenoxy) is 1. The van der Waals surface area contributed by atoms with E-state index in [1.54, 1.807) is 7.11 Å². The Labute approximate surface area is 172 Å². The number of hydrogen-bond acceptors (Lipinski definition) is 1. The Morgan fingerprint density at radius 1 is 0.846 bits per heavy atom. The molecule has 0 radical (unpaired) electrons. The zero-order chi connectivity index (χ0) is 17.1. The molecule has 26 heavy (non-hydrogen) atoms. The predicted octanol–water partition coefficient (Wildman–Crippen LogP) is 1.31. The minimum absolute atomic E-state index is 0. The van der Waals surface area contributed by atoms with Crippen LogP contribution in [0.15, 0.2) is 78.9 Å². The maximum Gasteiger partial charge on any atom is 0.215 e. The number of fused-ring (bicyclic) bond motifs is 1. The summed E-state index contributed by atoms with van der Waals surface area (Å²) in [5.74, 6) is 0.892. The topological polar surface area (TPSA) is 12.2 Å². The fraction of sp³-hybridized carbons (Fsp3) is 0.174. The third-order valence-corrected chi connectivity index (χ3v) is 4.82. The van der Waals surface area contributed by atoms with Gasteiger partial charge in [0, 0.05) is 23.1 Å². The van der Waals surface area contributed by atoms with E-state index in [1.165, 1.54) is 28.0 Å². The van der Waals surface area contributed by atoms with E-state index in [0.717, 1.165) is 25.3 Å². The van der Waals surface area contributed by atoms with Gasteiger partial charge in [-0.1, -0.05) is 48.5 Å². The van der Waals surface area contributed by atoms with Crippen molar-refractivity contribution in [3.8, 4) is 5.75 Å². The van der Waals surface area contributed by atoms with Crippen molar-refractivity contribution in [3.05, 3.63) is 101 Å². The van der Waals surface area contributed by atoms with Crippen molar-refractivity contribution in [2.45, 2.75) is 13.0 Å². The summed E-state index contributed by atoms with van der Waals surface area (Å²) in [6, 6.07) is 27.9. The van der Waals surface area contributed by atoms with Gasteiger partial charge in [-0.25, -0.2) is 4.58 Å². The molecule has 0 spiro atoms. The van der Waals surface area contributed by atoms with Crippen molar-refractivity contribution in [3.63, 3.8) is 0 Å². The molecule has 1 aliphatic rings. The van der Waals surface area contributed by atoms with Crippen LogP contribution < -0.4 is 28.7 Å². The van der Waals surface area contributed by atoms with Gasteiger partial charge in [0.1, 0.15) is 12.3 Å². The molecule has 1 aliphatic heterocycles. The predicted molar refractivity (Wildman–Crippen MR) is 102 cm³/mol. The first kappa shape index (κ1) is 18.6. The van der Waals surface area contributed by atoms with Crippen LogP contribution in [0.5, 0.6) is 5.75 Å². The first-order chi connectivity index (χ1) is 12.3. The van der Waals surface area contributed by atoms with E-state index in [0.29, 0.717) is 0 Å². The summed E-state index contributed by atoms with van der Waals surface area (Å²) in [6.07, 6.45) is 1.09. The molecule has 0 unspecified atom stereocenters. The summed E-state index contributed by atoms with van der Waals surface area (Å²) in [5, 5.41) is 0. The maximum absolute atomic E-state index is 5.33. The molecule has 0 fully saturated rings. The van der Waals surface area contributed by atoms with Gasteiger partial charge < -0.3 is 28.7 Å². The van der Waals surface area contributed by atoms with E-state index >= 15 is 0 Å². The van der Waals surface area contributed by atoms with Gasteiger partial charge in [0.15, 0.2) is 6.54 Å². The number of nitrogens with zero attached hydrogens (tertiary/aromatic N) is 1. The Bertz CT molecular complexity index is 901. The van der Waals surface area contributed by atoms with Gasteiger partial charge in [0.2, 0.25) is 5.71 Å². The molecule has 3 heteroatoms. The fourth-order valence-electron chi connectivity index (χ4n) is 3.56. The zero-order valence-electron chi connectivity index (χ0n) is 14.9. The van der Waals surface area contributed by atoms with Crippen LogP contribution in [-0.2, 0) is 13.0 Å². The Morgan fingerprint density at radius 2 is 1.54 bits per heavy atom. The first-order valence-corrected chi connectivity index (χ1v) is 8.73. The summed E-state index contributed by atoms with van der Waals surface area (Å²) >= 11 is 0. The molecule has 3 aromatic rings. The van der Waals surface area contributed by atoms with Crippen LogP contribution in [0.3, 0.4) is 0 Å². The number of rotatable bonds is 4. The van der Waals surface area contributed by atoms with E-state index < -0.39 is 0 Å². The number of methoxy groups -OCH3 is 1. The minimum atomic E-state index is 0. The molecule has 3 aromatic carbocycles. The molecule has 2 nitrogen and oxygen atoms in total. The summed E-state index contributed by atoms with van der Waals surface area (Å²) in [6.45, 7) is 1.96. The van der Waals surface area contributed by atoms with Gasteiger partial charge >= 0.3 is 0 Å². The molecule has 0 atom stereocenters. The van der Waals surface area contributed by atoms with Crippen molar-refractivity contribution in [2.24, 2.45) is 0 Å². The highest BCUT2D eigenvalue weighted by molar-refractivity contribution is 6.11. The van der Waals surface area contributed by atoms with Crippen LogP contribution in [0.25, 0.3) is 0 Å². The molecule has 132 valence electrons. The van der Waals surface area contributed by atoms with Crippen molar-refractivity contribution in [1.82, 2.24) is 0 Å². The lowest BCUT2D eigenvalue weighted by Gasteiger charge is -2.19. The Kier molecular flexibility index (Phi) is 6.09. The highest BCUT2D eigenvalue weighted by Crippen LogP contribution is 2.23. The summed E-state index contributed by atoms with van der Waals surface area (Å²) < 4.78 is 7.83. The van der Waals surface area contributed by atoms with Gasteiger partial charge in [-0.2, -0.15) is 0 Å². The largest absolute Gasteiger partial charge is 1.00 e. The van der Waals surface area contributed by atoms with Crippen molar-refractivity contribution in [2.75, 3.05) is 13.7 Å². The van der Waals surface area contributed by atoms with Crippen molar-refractivity contribution >= 4 is 5.71 Å². The van der Waals surface area contributed by atoms with E-state index in [9.17, 15) is 0 Å². The molecular weight excluding hydrogens is 433 g/mol. The van der Waals surface area contributed by atoms with E-state index in [2.05, 4.69) is 71.3 Å². The molecule has 1 heterocycles. The van der Waals surface area contributed by atoms with E-state index in [1.807, 2.05) is 12.1 Å². The van der Waals surface area contributed by atoms with Gasteiger partial charge in [-0.05, 0) is 35.9 Å². The Hall–Kier alpha value is -2.14. The van der Waals surface area contributed by atoms with Crippen LogP contribution in [0.1, 0.15) is 22.3 Å². The molecule has 0 aliphatic carbocycles. The van der Waals surface area contributed by atoms with Crippen LogP contribution in [0.4, 0.5) is 0 Å². The number of hydrogen-bond donors (Lipinski definition) is 0. The van der Waals surface area contributed by atoms with Crippen LogP contribution in [-0.4, -0.2) is 23.9 Å². The van der Waals surface area contributed by atoms with Gasteiger partial charge in [0.25, 0.3) is 0 Å². The summed E-state index contributed by atoms with van der Waals surface area (Å²) in [7, 11) is 1.71. The first-order valence-electron chi connectivity index (χ1n) is 8.73. The molecule has 0 N–H and O–H groups in total. The quantitative estimate of drug-likeness (QED) is 0.427. The lowest BCUT2D eigenvalue weighted by atomic mass is 9.92. The van der Waals surface area contributed by atoms with Crippen molar-refractivity contribution in [1.29, 1.82) is 0 Å². The van der Waals surface area contributed by atoms with E-state index in [4.69, 9.17) is 4.74 Å². The molecule has 0 bridgehead atoms. The van der Waals surface area contributed by atoms with Gasteiger partial charge in [0.05, 0.1) is 7.11 Å². The highest BCUT2D eigenvalue weighted by atomic mass is 127. The fourth-order valence-corrected chi connectivity index (χ4v) is 3.56. The van der Waals surface area contributed by atoms with Crippen LogP contribution in [0.2, 0.25) is 0 Å². The summed E-state index contributed by atoms with van der Waals surface area (Å²) in [5.41, 5.74) is 6.66. The normalized spacial score (nSPS) is 13.0. The zero-order valence-corrected chi connectivity index (χ0v) is 17.0. The Morgan fingerprint density at radius 3 is 2.27 bits per heavy atom. The second kappa shape index (κ2) is 8.49. The molecule has 0 saturated carbocycles. The highest BCUT2D eigenvalue weighted by Gasteiger charge is 2.26. The monoisotopic (exact) mass is 455 g/mol. The van der Waals surface area contributed by atoms with Crippen LogP contribution in [0, 0.1) is 0 Å². The summed E-state index contributed by atoms with van der Waals surface area (Å²) in [4.78, 5) is 0. The lowest BCUT2D eigenvalue weighted by Crippen LogP contribution is -3.00. The molecular formula is C23H22INO. The second-order valence-electron chi connectivity index (χ2n) is 6.39. The molecule has 4 rings (SSSR count). The Balaban J connectivity index is 0.00000196. The minimum Gasteiger partial charge on any atom is -1.00 e. The smallest absolute Gasteiger partial charge is 0.215 e. The second-order valence-corrected chi connectivity index (χ2v) is 6.39. The van der Waals surface area contributed by atoms with Gasteiger partial charge in [-0.15, -0.1) is 0 Å². The van der Waals surface area contributed by atoms with Crippen molar-refractivity contribution < 1.29 is 33.3 Å². The SMILES string of the molecule is COc1ccc(C2=[N+](Cc3ccccc3)CCc3ccccc32)cc1.[I-]. The number of benzene rings is 3. The van der Waals surface area contributed by atoms with Crippen LogP contribution >= 0.6 is 0 Å². The van der Waals surface area contributed by atoms with Gasteiger partial charge in [-0.3, -0.25) is 0 Å². The number of halogens is 1. The van der Waals surface area contributed by atoms with E-state index in [-0.39, 0.29) is 24.0 Å². The average Bonchev–Trinajstić information content (AvgIpc) is 2.69. The standard InChI is InChI=1S/C23H22NO.HI/c1-25-21-13-11-20(12-14-21)23-22-10-6-5-9-19(22)15-16-24(23)17-18-7-3-2-4-8-18;/h2-14H,15-17H2,1H3;1H/q+1;/p-1.